The van der Waals surface area contributed by atoms with Crippen molar-refractivity contribution in [3.05, 3.63) is 75.5 Å². The van der Waals surface area contributed by atoms with Gasteiger partial charge in [0, 0.05) is 12.0 Å². The first-order chi connectivity index (χ1) is 15.2. The summed E-state index contributed by atoms with van der Waals surface area (Å²) >= 11 is 3.21. The van der Waals surface area contributed by atoms with Crippen LogP contribution in [-0.4, -0.2) is 16.1 Å². The third kappa shape index (κ3) is 3.96. The monoisotopic (exact) mass is 497 g/mol. The number of alkyl halides is 1. The van der Waals surface area contributed by atoms with Gasteiger partial charge in [0.1, 0.15) is 29.6 Å². The van der Waals surface area contributed by atoms with Crippen LogP contribution in [-0.2, 0) is 18.6 Å². The summed E-state index contributed by atoms with van der Waals surface area (Å²) in [6.45, 7) is 10.5. The summed E-state index contributed by atoms with van der Waals surface area (Å²) in [6, 6.07) is 10.2. The van der Waals surface area contributed by atoms with Gasteiger partial charge in [0.15, 0.2) is 11.4 Å². The zero-order chi connectivity index (χ0) is 23.0. The number of aromatic nitrogens is 1. The number of ketones is 1. The number of hydrogen-bond acceptors (Lipinski definition) is 5. The highest BCUT2D eigenvalue weighted by Crippen LogP contribution is 2.46. The number of aryl methyl sites for hydroxylation is 1. The van der Waals surface area contributed by atoms with Crippen molar-refractivity contribution in [2.75, 3.05) is 5.33 Å². The fourth-order valence-electron chi connectivity index (χ4n) is 4.28. The largest absolute Gasteiger partial charge is 0.488 e. The molecule has 0 aliphatic carbocycles. The van der Waals surface area contributed by atoms with Crippen LogP contribution in [0.5, 0.6) is 11.5 Å². The molecule has 1 aliphatic heterocycles. The molecule has 0 saturated heterocycles. The van der Waals surface area contributed by atoms with E-state index in [1.54, 1.807) is 6.92 Å². The molecule has 1 aliphatic rings. The van der Waals surface area contributed by atoms with Crippen molar-refractivity contribution in [3.63, 3.8) is 0 Å². The molecule has 2 heterocycles. The normalized spacial score (nSPS) is 17.6. The Bertz CT molecular complexity index is 1170. The number of rotatable bonds is 6. The topological polar surface area (TPSA) is 61.6 Å². The van der Waals surface area contributed by atoms with Crippen molar-refractivity contribution < 1.29 is 18.7 Å². The summed E-state index contributed by atoms with van der Waals surface area (Å²) in [5.41, 5.74) is 5.16. The summed E-state index contributed by atoms with van der Waals surface area (Å²) in [7, 11) is 0. The Morgan fingerprint density at radius 3 is 2.53 bits per heavy atom. The molecular formula is C26H28BrNO4. The van der Waals surface area contributed by atoms with Gasteiger partial charge < -0.3 is 13.9 Å². The molecule has 0 bridgehead atoms. The summed E-state index contributed by atoms with van der Waals surface area (Å²) in [4.78, 5) is 16.7. The first kappa shape index (κ1) is 22.6. The molecule has 6 heteroatoms. The molecule has 1 atom stereocenters. The lowest BCUT2D eigenvalue weighted by Crippen LogP contribution is -2.35. The third-order valence-electron chi connectivity index (χ3n) is 6.35. The number of carbonyl (C=O) groups excluding carboxylic acids is 1. The van der Waals surface area contributed by atoms with Crippen LogP contribution in [0.1, 0.15) is 63.3 Å². The van der Waals surface area contributed by atoms with Gasteiger partial charge in [-0.3, -0.25) is 4.79 Å². The van der Waals surface area contributed by atoms with Crippen LogP contribution in [0.2, 0.25) is 0 Å². The van der Waals surface area contributed by atoms with E-state index in [1.807, 2.05) is 25.1 Å². The van der Waals surface area contributed by atoms with Crippen LogP contribution in [0, 0.1) is 27.7 Å². The second-order valence-electron chi connectivity index (χ2n) is 8.60. The van der Waals surface area contributed by atoms with Crippen molar-refractivity contribution in [2.45, 2.75) is 59.7 Å². The molecule has 2 aromatic carbocycles. The fraction of sp³-hybridized carbons (Fsp3) is 0.385. The first-order valence-corrected chi connectivity index (χ1v) is 11.9. The number of carbonyl (C=O) groups is 1. The van der Waals surface area contributed by atoms with Gasteiger partial charge in [0.05, 0.1) is 5.33 Å². The SMILES string of the molecule is Cc1oc(C2(C)CCc3c(C)c(OCc4ccccc4)c(C)c(C)c3O2)nc1C(=O)CBr. The minimum Gasteiger partial charge on any atom is -0.488 e. The highest BCUT2D eigenvalue weighted by atomic mass is 79.9. The lowest BCUT2D eigenvalue weighted by atomic mass is 9.87. The van der Waals surface area contributed by atoms with E-state index in [2.05, 4.69) is 53.8 Å². The summed E-state index contributed by atoms with van der Waals surface area (Å²) in [5, 5.41) is 0.212. The summed E-state index contributed by atoms with van der Waals surface area (Å²) in [6.07, 6.45) is 1.51. The van der Waals surface area contributed by atoms with Gasteiger partial charge in [-0.05, 0) is 63.3 Å². The smallest absolute Gasteiger partial charge is 0.239 e. The molecule has 168 valence electrons. The Labute approximate surface area is 197 Å². The van der Waals surface area contributed by atoms with Crippen LogP contribution in [0.25, 0.3) is 0 Å². The molecule has 0 amide bonds. The number of nitrogens with zero attached hydrogens (tertiary/aromatic N) is 1. The minimum absolute atomic E-state index is 0.0969. The van der Waals surface area contributed by atoms with Crippen LogP contribution >= 0.6 is 15.9 Å². The van der Waals surface area contributed by atoms with Crippen LogP contribution < -0.4 is 9.47 Å². The second kappa shape index (κ2) is 8.74. The molecule has 4 rings (SSSR count). The van der Waals surface area contributed by atoms with Gasteiger partial charge in [-0.2, -0.15) is 0 Å². The van der Waals surface area contributed by atoms with Crippen LogP contribution in [0.3, 0.4) is 0 Å². The number of hydrogen-bond donors (Lipinski definition) is 0. The number of benzene rings is 2. The molecule has 0 N–H and O–H groups in total. The van der Waals surface area contributed by atoms with E-state index in [1.165, 1.54) is 0 Å². The van der Waals surface area contributed by atoms with Gasteiger partial charge in [-0.25, -0.2) is 4.98 Å². The zero-order valence-electron chi connectivity index (χ0n) is 19.2. The van der Waals surface area contributed by atoms with Gasteiger partial charge in [-0.15, -0.1) is 0 Å². The predicted octanol–water partition coefficient (Wildman–Crippen LogP) is 6.31. The second-order valence-corrected chi connectivity index (χ2v) is 9.16. The van der Waals surface area contributed by atoms with Crippen molar-refractivity contribution in [3.8, 4) is 11.5 Å². The van der Waals surface area contributed by atoms with E-state index >= 15 is 0 Å². The third-order valence-corrected chi connectivity index (χ3v) is 6.86. The van der Waals surface area contributed by atoms with Crippen molar-refractivity contribution >= 4 is 21.7 Å². The molecule has 1 unspecified atom stereocenters. The van der Waals surface area contributed by atoms with Gasteiger partial charge >= 0.3 is 0 Å². The van der Waals surface area contributed by atoms with Crippen LogP contribution in [0.4, 0.5) is 0 Å². The van der Waals surface area contributed by atoms with Crippen molar-refractivity contribution in [1.82, 2.24) is 4.98 Å². The highest BCUT2D eigenvalue weighted by molar-refractivity contribution is 9.09. The van der Waals surface area contributed by atoms with E-state index in [0.29, 0.717) is 30.4 Å². The molecule has 0 fully saturated rings. The Kier molecular flexibility index (Phi) is 6.17. The molecule has 3 aromatic rings. The lowest BCUT2D eigenvalue weighted by Gasteiger charge is -2.36. The average Bonchev–Trinajstić information content (AvgIpc) is 3.20. The van der Waals surface area contributed by atoms with E-state index in [-0.39, 0.29) is 11.1 Å². The van der Waals surface area contributed by atoms with E-state index in [0.717, 1.165) is 45.7 Å². The molecular weight excluding hydrogens is 470 g/mol. The molecule has 0 saturated carbocycles. The Morgan fingerprint density at radius 1 is 1.12 bits per heavy atom. The quantitative estimate of drug-likeness (QED) is 0.295. The number of halogens is 1. The first-order valence-electron chi connectivity index (χ1n) is 10.8. The molecule has 0 radical (unpaired) electrons. The number of ether oxygens (including phenoxy) is 2. The summed E-state index contributed by atoms with van der Waals surface area (Å²) in [5.74, 6) is 2.66. The predicted molar refractivity (Wildman–Crippen MR) is 127 cm³/mol. The van der Waals surface area contributed by atoms with E-state index in [9.17, 15) is 4.79 Å². The minimum atomic E-state index is -0.737. The summed E-state index contributed by atoms with van der Waals surface area (Å²) < 4.78 is 18.7. The standard InChI is InChI=1S/C26H28BrNO4/c1-15-16(2)24-20(17(3)23(15)30-14-19-9-7-6-8-10-19)11-12-26(5,32-24)25-28-22(18(4)31-25)21(29)13-27/h6-10H,11-14H2,1-5H3. The maximum Gasteiger partial charge on any atom is 0.239 e. The van der Waals surface area contributed by atoms with E-state index < -0.39 is 5.60 Å². The molecule has 32 heavy (non-hydrogen) atoms. The number of oxazole rings is 1. The van der Waals surface area contributed by atoms with Gasteiger partial charge in [0.2, 0.25) is 5.89 Å². The maximum absolute atomic E-state index is 12.2. The maximum atomic E-state index is 12.2. The highest BCUT2D eigenvalue weighted by Gasteiger charge is 2.41. The Balaban J connectivity index is 1.66. The van der Waals surface area contributed by atoms with Crippen LogP contribution in [0.15, 0.2) is 34.7 Å². The van der Waals surface area contributed by atoms with Gasteiger partial charge in [0.25, 0.3) is 0 Å². The van der Waals surface area contributed by atoms with E-state index in [4.69, 9.17) is 13.9 Å². The lowest BCUT2D eigenvalue weighted by molar-refractivity contribution is 0.0327. The number of Topliss-reactive ketones (excluding diaryl/α,β-unsaturated/α-hetero) is 1. The number of fused-ring (bicyclic) bond motifs is 1. The Hall–Kier alpha value is -2.60. The van der Waals surface area contributed by atoms with Crippen molar-refractivity contribution in [1.29, 1.82) is 0 Å². The zero-order valence-corrected chi connectivity index (χ0v) is 20.8. The fourth-order valence-corrected chi connectivity index (χ4v) is 4.54. The van der Waals surface area contributed by atoms with Gasteiger partial charge in [-0.1, -0.05) is 46.3 Å². The average molecular weight is 498 g/mol. The Morgan fingerprint density at radius 2 is 1.84 bits per heavy atom. The molecule has 5 nitrogen and oxygen atoms in total. The molecule has 0 spiro atoms. The molecule has 1 aromatic heterocycles. The van der Waals surface area contributed by atoms with Crippen molar-refractivity contribution in [2.24, 2.45) is 0 Å².